The minimum absolute atomic E-state index is 0.659. The van der Waals surface area contributed by atoms with Crippen LogP contribution in [0.15, 0.2) is 4.42 Å². The smallest absolute Gasteiger partial charge is 0.278 e. The van der Waals surface area contributed by atoms with Crippen molar-refractivity contribution < 1.29 is 4.42 Å². The van der Waals surface area contributed by atoms with Gasteiger partial charge in [-0.1, -0.05) is 25.7 Å². The first-order chi connectivity index (χ1) is 6.84. The second kappa shape index (κ2) is 5.09. The molecule has 0 N–H and O–H groups in total. The summed E-state index contributed by atoms with van der Waals surface area (Å²) in [4.78, 5) is 0. The van der Waals surface area contributed by atoms with E-state index in [1.165, 1.54) is 38.5 Å². The molecule has 78 valence electrons. The first-order valence-electron chi connectivity index (χ1n) is 5.32. The van der Waals surface area contributed by atoms with Crippen LogP contribution in [0.4, 0.5) is 0 Å². The Bertz CT molecular complexity index is 279. The van der Waals surface area contributed by atoms with Crippen LogP contribution in [0.2, 0.25) is 0 Å². The van der Waals surface area contributed by atoms with Crippen molar-refractivity contribution in [3.8, 4) is 0 Å². The van der Waals surface area contributed by atoms with Gasteiger partial charge in [0.15, 0.2) is 0 Å². The maximum Gasteiger partial charge on any atom is 0.278 e. The van der Waals surface area contributed by atoms with Crippen LogP contribution < -0.4 is 0 Å². The van der Waals surface area contributed by atoms with Gasteiger partial charge < -0.3 is 4.42 Å². The maximum atomic E-state index is 5.39. The Balaban J connectivity index is 1.89. The highest BCUT2D eigenvalue weighted by atomic mass is 127. The van der Waals surface area contributed by atoms with Crippen LogP contribution in [0.1, 0.15) is 44.4 Å². The molecule has 0 amide bonds. The molecule has 1 heterocycles. The standard InChI is InChI=1S/C10H15IN2O/c11-10-13-12-9(14-10)7-8-5-3-1-2-4-6-8/h8H,1-7H2. The third-order valence-electron chi connectivity index (χ3n) is 2.88. The van der Waals surface area contributed by atoms with E-state index in [0.717, 1.165) is 18.2 Å². The number of nitrogens with zero attached hydrogens (tertiary/aromatic N) is 2. The van der Waals surface area contributed by atoms with Crippen molar-refractivity contribution in [2.24, 2.45) is 5.92 Å². The molecule has 0 radical (unpaired) electrons. The Morgan fingerprint density at radius 1 is 1.14 bits per heavy atom. The van der Waals surface area contributed by atoms with Crippen LogP contribution in [0.25, 0.3) is 0 Å². The summed E-state index contributed by atoms with van der Waals surface area (Å²) in [7, 11) is 0. The third kappa shape index (κ3) is 2.93. The third-order valence-corrected chi connectivity index (χ3v) is 3.32. The average molecular weight is 306 g/mol. The average Bonchev–Trinajstić information content (AvgIpc) is 2.43. The molecule has 4 heteroatoms. The van der Waals surface area contributed by atoms with E-state index in [1.54, 1.807) is 0 Å². The number of hydrogen-bond acceptors (Lipinski definition) is 3. The lowest BCUT2D eigenvalue weighted by Gasteiger charge is -2.09. The molecule has 1 aliphatic carbocycles. The Morgan fingerprint density at radius 2 is 1.86 bits per heavy atom. The molecule has 0 spiro atoms. The van der Waals surface area contributed by atoms with E-state index >= 15 is 0 Å². The van der Waals surface area contributed by atoms with Gasteiger partial charge in [-0.05, 0) is 18.8 Å². The molecular formula is C10H15IN2O. The molecule has 0 unspecified atom stereocenters. The molecule has 0 atom stereocenters. The Kier molecular flexibility index (Phi) is 3.78. The van der Waals surface area contributed by atoms with E-state index in [1.807, 2.05) is 0 Å². The molecule has 0 aromatic carbocycles. The largest absolute Gasteiger partial charge is 0.416 e. The molecule has 2 rings (SSSR count). The summed E-state index contributed by atoms with van der Waals surface area (Å²) in [5.74, 6) is 1.59. The van der Waals surface area contributed by atoms with Crippen molar-refractivity contribution in [3.05, 3.63) is 9.79 Å². The zero-order chi connectivity index (χ0) is 9.80. The number of rotatable bonds is 2. The zero-order valence-electron chi connectivity index (χ0n) is 8.21. The van der Waals surface area contributed by atoms with Crippen LogP contribution in [0.5, 0.6) is 0 Å². The lowest BCUT2D eigenvalue weighted by atomic mass is 9.97. The highest BCUT2D eigenvalue weighted by Gasteiger charge is 2.15. The van der Waals surface area contributed by atoms with Crippen molar-refractivity contribution in [2.75, 3.05) is 0 Å². The lowest BCUT2D eigenvalue weighted by Crippen LogP contribution is -2.03. The summed E-state index contributed by atoms with van der Waals surface area (Å²) in [5.41, 5.74) is 0. The topological polar surface area (TPSA) is 38.9 Å². The van der Waals surface area contributed by atoms with Crippen LogP contribution in [-0.4, -0.2) is 10.2 Å². The summed E-state index contributed by atoms with van der Waals surface area (Å²) in [5, 5.41) is 7.89. The Morgan fingerprint density at radius 3 is 2.43 bits per heavy atom. The first kappa shape index (κ1) is 10.4. The van der Waals surface area contributed by atoms with Gasteiger partial charge >= 0.3 is 0 Å². The van der Waals surface area contributed by atoms with Crippen molar-refractivity contribution in [3.63, 3.8) is 0 Å². The number of halogens is 1. The van der Waals surface area contributed by atoms with Crippen molar-refractivity contribution in [2.45, 2.75) is 44.9 Å². The molecule has 1 saturated carbocycles. The number of aromatic nitrogens is 2. The SMILES string of the molecule is Ic1nnc(CC2CCCCCC2)o1. The fraction of sp³-hybridized carbons (Fsp3) is 0.800. The molecule has 1 aromatic heterocycles. The van der Waals surface area contributed by atoms with E-state index in [-0.39, 0.29) is 0 Å². The minimum atomic E-state index is 0.659. The van der Waals surface area contributed by atoms with Gasteiger partial charge in [-0.2, -0.15) is 0 Å². The van der Waals surface area contributed by atoms with Gasteiger partial charge in [0.2, 0.25) is 5.89 Å². The van der Waals surface area contributed by atoms with Crippen LogP contribution in [0.3, 0.4) is 0 Å². The second-order valence-corrected chi connectivity index (χ2v) is 4.93. The van der Waals surface area contributed by atoms with Crippen LogP contribution >= 0.6 is 22.6 Å². The fourth-order valence-corrected chi connectivity index (χ4v) is 2.49. The van der Waals surface area contributed by atoms with E-state index < -0.39 is 0 Å². The zero-order valence-corrected chi connectivity index (χ0v) is 10.4. The van der Waals surface area contributed by atoms with E-state index in [9.17, 15) is 0 Å². The molecule has 3 nitrogen and oxygen atoms in total. The summed E-state index contributed by atoms with van der Waals surface area (Å²) in [6.07, 6.45) is 9.19. The molecule has 0 aliphatic heterocycles. The predicted octanol–water partition coefficient (Wildman–Crippen LogP) is 3.19. The van der Waals surface area contributed by atoms with Gasteiger partial charge in [-0.25, -0.2) is 0 Å². The highest BCUT2D eigenvalue weighted by Crippen LogP contribution is 2.25. The molecule has 0 bridgehead atoms. The Labute approximate surface area is 97.8 Å². The molecule has 1 fully saturated rings. The molecule has 1 aromatic rings. The van der Waals surface area contributed by atoms with Crippen molar-refractivity contribution >= 4 is 22.6 Å². The monoisotopic (exact) mass is 306 g/mol. The van der Waals surface area contributed by atoms with E-state index in [2.05, 4.69) is 32.8 Å². The highest BCUT2D eigenvalue weighted by molar-refractivity contribution is 14.1. The van der Waals surface area contributed by atoms with E-state index in [4.69, 9.17) is 4.42 Å². The van der Waals surface area contributed by atoms with Crippen molar-refractivity contribution in [1.82, 2.24) is 10.2 Å². The fourth-order valence-electron chi connectivity index (χ4n) is 2.13. The Hall–Kier alpha value is -0.130. The summed E-state index contributed by atoms with van der Waals surface area (Å²) < 4.78 is 6.05. The summed E-state index contributed by atoms with van der Waals surface area (Å²) >= 11 is 2.06. The predicted molar refractivity (Wildman–Crippen MR) is 61.9 cm³/mol. The maximum absolute atomic E-state index is 5.39. The summed E-state index contributed by atoms with van der Waals surface area (Å²) in [6.45, 7) is 0. The minimum Gasteiger partial charge on any atom is -0.416 e. The molecule has 1 aliphatic rings. The quantitative estimate of drug-likeness (QED) is 0.622. The summed E-state index contributed by atoms with van der Waals surface area (Å²) in [6, 6.07) is 0. The lowest BCUT2D eigenvalue weighted by molar-refractivity contribution is 0.386. The molecule has 14 heavy (non-hydrogen) atoms. The van der Waals surface area contributed by atoms with Gasteiger partial charge in [0.1, 0.15) is 0 Å². The second-order valence-electron chi connectivity index (χ2n) is 4.01. The van der Waals surface area contributed by atoms with Gasteiger partial charge in [-0.3, -0.25) is 0 Å². The molecular weight excluding hydrogens is 291 g/mol. The first-order valence-corrected chi connectivity index (χ1v) is 6.40. The normalized spacial score (nSPS) is 19.5. The molecule has 0 saturated heterocycles. The van der Waals surface area contributed by atoms with Crippen LogP contribution in [0, 0.1) is 9.82 Å². The van der Waals surface area contributed by atoms with Gasteiger partial charge in [0.25, 0.3) is 3.90 Å². The van der Waals surface area contributed by atoms with Gasteiger partial charge in [0, 0.05) is 29.0 Å². The van der Waals surface area contributed by atoms with E-state index in [0.29, 0.717) is 3.90 Å². The number of hydrogen-bond donors (Lipinski definition) is 0. The van der Waals surface area contributed by atoms with Gasteiger partial charge in [-0.15, -0.1) is 10.2 Å². The van der Waals surface area contributed by atoms with Crippen molar-refractivity contribution in [1.29, 1.82) is 0 Å². The van der Waals surface area contributed by atoms with Crippen LogP contribution in [-0.2, 0) is 6.42 Å². The van der Waals surface area contributed by atoms with Gasteiger partial charge in [0.05, 0.1) is 0 Å².